The monoisotopic (exact) mass is 521 g/mol. The normalized spacial score (nSPS) is 33.5. The van der Waals surface area contributed by atoms with Gasteiger partial charge in [0.2, 0.25) is 17.7 Å². The summed E-state index contributed by atoms with van der Waals surface area (Å²) >= 11 is 0. The van der Waals surface area contributed by atoms with Crippen molar-refractivity contribution in [3.63, 3.8) is 0 Å². The minimum absolute atomic E-state index is 0.0877. The van der Waals surface area contributed by atoms with Crippen LogP contribution in [0.4, 0.5) is 0 Å². The van der Waals surface area contributed by atoms with Crippen LogP contribution in [-0.2, 0) is 25.7 Å². The maximum absolute atomic E-state index is 14.4. The number of benzene rings is 1. The van der Waals surface area contributed by atoms with Crippen LogP contribution in [0.25, 0.3) is 0 Å². The fourth-order valence-corrected chi connectivity index (χ4v) is 6.92. The Labute approximate surface area is 224 Å². The Morgan fingerprint density at radius 1 is 0.947 bits per heavy atom. The van der Waals surface area contributed by atoms with E-state index < -0.39 is 35.1 Å². The van der Waals surface area contributed by atoms with Gasteiger partial charge < -0.3 is 24.5 Å². The summed E-state index contributed by atoms with van der Waals surface area (Å²) in [5.41, 5.74) is -1.37. The van der Waals surface area contributed by atoms with E-state index >= 15 is 0 Å². The van der Waals surface area contributed by atoms with Crippen molar-refractivity contribution in [3.05, 3.63) is 60.2 Å². The number of hydrogen-bond acceptors (Lipinski definition) is 5. The van der Waals surface area contributed by atoms with Gasteiger partial charge in [-0.25, -0.2) is 0 Å². The van der Waals surface area contributed by atoms with Gasteiger partial charge in [0.25, 0.3) is 0 Å². The standard InChI is InChI=1S/C30H39N3O5/c1-19(2)22(18-34)33-25-28(37)32(20(3)4)16-10-14-30(25)24(27(33)36)23-26(35)31(15-9-13-29(23,5)38-30)17-21-11-7-6-8-12-21/h6-14,19-20,22-25,34H,15-18H2,1-5H3/t22-,23+,24-,25?,29-,30-/m0/s1. The highest BCUT2D eigenvalue weighted by molar-refractivity contribution is 6.00. The molecule has 1 aromatic carbocycles. The lowest BCUT2D eigenvalue weighted by Gasteiger charge is -2.41. The molecule has 3 amide bonds. The predicted octanol–water partition coefficient (Wildman–Crippen LogP) is 2.38. The quantitative estimate of drug-likeness (QED) is 0.581. The summed E-state index contributed by atoms with van der Waals surface area (Å²) in [4.78, 5) is 48.0. The van der Waals surface area contributed by atoms with E-state index in [2.05, 4.69) is 0 Å². The molecule has 1 spiro atoms. The zero-order chi connectivity index (χ0) is 27.4. The summed E-state index contributed by atoms with van der Waals surface area (Å²) in [6.07, 6.45) is 7.59. The summed E-state index contributed by atoms with van der Waals surface area (Å²) < 4.78 is 6.86. The number of amides is 3. The zero-order valence-electron chi connectivity index (χ0n) is 22.9. The number of hydrogen-bond donors (Lipinski definition) is 1. The molecular formula is C30H39N3O5. The Balaban J connectivity index is 1.63. The number of carbonyl (C=O) groups excluding carboxylic acids is 3. The van der Waals surface area contributed by atoms with Crippen LogP contribution < -0.4 is 0 Å². The van der Waals surface area contributed by atoms with Gasteiger partial charge in [0.1, 0.15) is 11.6 Å². The molecule has 0 aromatic heterocycles. The van der Waals surface area contributed by atoms with Crippen LogP contribution in [0, 0.1) is 17.8 Å². The number of carbonyl (C=O) groups is 3. The van der Waals surface area contributed by atoms with Crippen LogP contribution in [0.15, 0.2) is 54.6 Å². The molecule has 1 unspecified atom stereocenters. The molecule has 38 heavy (non-hydrogen) atoms. The summed E-state index contributed by atoms with van der Waals surface area (Å²) in [6.45, 7) is 10.5. The van der Waals surface area contributed by atoms with Gasteiger partial charge in [-0.15, -0.1) is 0 Å². The highest BCUT2D eigenvalue weighted by Gasteiger charge is 2.75. The van der Waals surface area contributed by atoms with Crippen molar-refractivity contribution in [2.75, 3.05) is 19.7 Å². The van der Waals surface area contributed by atoms with Crippen molar-refractivity contribution in [1.29, 1.82) is 0 Å². The first-order valence-electron chi connectivity index (χ1n) is 13.7. The first-order chi connectivity index (χ1) is 18.1. The molecule has 8 nitrogen and oxygen atoms in total. The van der Waals surface area contributed by atoms with E-state index in [0.29, 0.717) is 19.6 Å². The molecule has 0 radical (unpaired) electrons. The lowest BCUT2D eigenvalue weighted by atomic mass is 9.74. The van der Waals surface area contributed by atoms with Gasteiger partial charge in [-0.3, -0.25) is 14.4 Å². The molecule has 204 valence electrons. The van der Waals surface area contributed by atoms with E-state index in [4.69, 9.17) is 4.74 Å². The lowest BCUT2D eigenvalue weighted by molar-refractivity contribution is -0.157. The molecule has 6 atom stereocenters. The van der Waals surface area contributed by atoms with Crippen molar-refractivity contribution in [3.8, 4) is 0 Å². The van der Waals surface area contributed by atoms with Crippen molar-refractivity contribution < 1.29 is 24.2 Å². The van der Waals surface area contributed by atoms with Crippen LogP contribution in [0.1, 0.15) is 40.2 Å². The third-order valence-electron chi connectivity index (χ3n) is 8.76. The summed E-state index contributed by atoms with van der Waals surface area (Å²) in [5.74, 6) is -2.46. The minimum Gasteiger partial charge on any atom is -0.394 e. The number of fused-ring (bicyclic) bond motifs is 2. The van der Waals surface area contributed by atoms with Gasteiger partial charge in [0, 0.05) is 25.7 Å². The van der Waals surface area contributed by atoms with E-state index in [1.54, 1.807) is 14.7 Å². The second kappa shape index (κ2) is 9.65. The number of likely N-dealkylation sites (tertiary alicyclic amines) is 1. The van der Waals surface area contributed by atoms with E-state index in [1.807, 2.05) is 89.3 Å². The van der Waals surface area contributed by atoms with Gasteiger partial charge in [-0.1, -0.05) is 68.5 Å². The molecule has 0 bridgehead atoms. The van der Waals surface area contributed by atoms with E-state index in [-0.39, 0.29) is 36.3 Å². The molecule has 2 saturated heterocycles. The molecular weight excluding hydrogens is 482 g/mol. The predicted molar refractivity (Wildman–Crippen MR) is 143 cm³/mol. The molecule has 2 fully saturated rings. The Kier molecular flexibility index (Phi) is 6.76. The summed E-state index contributed by atoms with van der Waals surface area (Å²) in [7, 11) is 0. The molecule has 4 aliphatic heterocycles. The SMILES string of the molecule is CC(C)[C@H](CO)N1C(=O)[C@@H]2[C@@H]3C(=O)N(Cc4ccccc4)CC=C[C@]3(C)O[C@@]23C=CCN(C(C)C)C(=O)C13. The second-order valence-corrected chi connectivity index (χ2v) is 11.8. The van der Waals surface area contributed by atoms with Gasteiger partial charge >= 0.3 is 0 Å². The Morgan fingerprint density at radius 3 is 2.26 bits per heavy atom. The molecule has 8 heteroatoms. The molecule has 0 aliphatic carbocycles. The maximum Gasteiger partial charge on any atom is 0.249 e. The van der Waals surface area contributed by atoms with Gasteiger partial charge in [0.05, 0.1) is 30.1 Å². The zero-order valence-corrected chi connectivity index (χ0v) is 22.9. The van der Waals surface area contributed by atoms with E-state index in [0.717, 1.165) is 5.56 Å². The van der Waals surface area contributed by atoms with Crippen molar-refractivity contribution in [1.82, 2.24) is 14.7 Å². The van der Waals surface area contributed by atoms with E-state index in [1.165, 1.54) is 0 Å². The average molecular weight is 522 g/mol. The fraction of sp³-hybridized carbons (Fsp3) is 0.567. The van der Waals surface area contributed by atoms with Crippen molar-refractivity contribution in [2.45, 2.75) is 70.5 Å². The number of rotatable bonds is 6. The number of nitrogens with zero attached hydrogens (tertiary/aromatic N) is 3. The highest BCUT2D eigenvalue weighted by atomic mass is 16.5. The van der Waals surface area contributed by atoms with E-state index in [9.17, 15) is 19.5 Å². The fourth-order valence-electron chi connectivity index (χ4n) is 6.92. The minimum atomic E-state index is -1.31. The van der Waals surface area contributed by atoms with Gasteiger partial charge in [-0.2, -0.15) is 0 Å². The van der Waals surface area contributed by atoms with Crippen molar-refractivity contribution >= 4 is 17.7 Å². The summed E-state index contributed by atoms with van der Waals surface area (Å²) in [6, 6.07) is 8.15. The third kappa shape index (κ3) is 3.92. The Hall–Kier alpha value is -2.97. The second-order valence-electron chi connectivity index (χ2n) is 11.8. The number of aliphatic hydroxyl groups excluding tert-OH is 1. The molecule has 1 N–H and O–H groups in total. The highest BCUT2D eigenvalue weighted by Crippen LogP contribution is 2.58. The van der Waals surface area contributed by atoms with Crippen LogP contribution in [-0.4, -0.2) is 86.6 Å². The lowest BCUT2D eigenvalue weighted by Crippen LogP contribution is -2.60. The third-order valence-corrected chi connectivity index (χ3v) is 8.76. The molecule has 1 aromatic rings. The summed E-state index contributed by atoms with van der Waals surface area (Å²) in [5, 5.41) is 10.4. The number of aliphatic hydroxyl groups is 1. The maximum atomic E-state index is 14.4. The Morgan fingerprint density at radius 2 is 1.63 bits per heavy atom. The topological polar surface area (TPSA) is 90.4 Å². The van der Waals surface area contributed by atoms with Crippen LogP contribution in [0.3, 0.4) is 0 Å². The van der Waals surface area contributed by atoms with Gasteiger partial charge in [-0.05, 0) is 32.3 Å². The number of ether oxygens (including phenoxy) is 1. The molecule has 5 rings (SSSR count). The molecule has 4 heterocycles. The molecule has 0 saturated carbocycles. The largest absolute Gasteiger partial charge is 0.394 e. The van der Waals surface area contributed by atoms with Crippen LogP contribution >= 0.6 is 0 Å². The van der Waals surface area contributed by atoms with Crippen LogP contribution in [0.5, 0.6) is 0 Å². The smallest absolute Gasteiger partial charge is 0.249 e. The first kappa shape index (κ1) is 26.6. The first-order valence-corrected chi connectivity index (χ1v) is 13.7. The van der Waals surface area contributed by atoms with Crippen molar-refractivity contribution in [2.24, 2.45) is 17.8 Å². The Bertz CT molecular complexity index is 1160. The van der Waals surface area contributed by atoms with Gasteiger partial charge in [0.15, 0.2) is 0 Å². The van der Waals surface area contributed by atoms with Crippen LogP contribution in [0.2, 0.25) is 0 Å². The average Bonchev–Trinajstić information content (AvgIpc) is 3.13. The molecule has 4 aliphatic rings.